The molecule has 2 rings (SSSR count). The summed E-state index contributed by atoms with van der Waals surface area (Å²) in [6, 6.07) is 16.4. The molecular weight excluding hydrogens is 304 g/mol. The van der Waals surface area contributed by atoms with Crippen molar-refractivity contribution in [3.8, 4) is 0 Å². The molecule has 0 fully saturated rings. The van der Waals surface area contributed by atoms with Gasteiger partial charge in [0.05, 0.1) is 5.56 Å². The number of amides is 2. The van der Waals surface area contributed by atoms with E-state index >= 15 is 0 Å². The van der Waals surface area contributed by atoms with Gasteiger partial charge in [-0.1, -0.05) is 42.5 Å². The summed E-state index contributed by atoms with van der Waals surface area (Å²) in [4.78, 5) is 24.8. The Morgan fingerprint density at radius 2 is 1.67 bits per heavy atom. The molecule has 0 unspecified atom stereocenters. The Kier molecular flexibility index (Phi) is 6.37. The Balaban J connectivity index is 1.84. The summed E-state index contributed by atoms with van der Waals surface area (Å²) < 4.78 is 0. The molecule has 0 atom stereocenters. The molecule has 2 aromatic carbocycles. The first-order valence-corrected chi connectivity index (χ1v) is 7.99. The molecule has 24 heavy (non-hydrogen) atoms. The van der Waals surface area contributed by atoms with Gasteiger partial charge in [0, 0.05) is 19.6 Å². The maximum atomic E-state index is 12.3. The van der Waals surface area contributed by atoms with Crippen LogP contribution in [0.3, 0.4) is 0 Å². The topological polar surface area (TPSA) is 69.6 Å². The fourth-order valence-corrected chi connectivity index (χ4v) is 2.37. The number of rotatable bonds is 7. The Labute approximate surface area is 141 Å². The number of nitrogens with zero attached hydrogens (tertiary/aromatic N) is 1. The quantitative estimate of drug-likeness (QED) is 0.821. The number of aromatic carboxylic acids is 1. The van der Waals surface area contributed by atoms with Gasteiger partial charge in [-0.25, -0.2) is 9.59 Å². The molecule has 5 heteroatoms. The van der Waals surface area contributed by atoms with Gasteiger partial charge in [-0.2, -0.15) is 0 Å². The van der Waals surface area contributed by atoms with Crippen LogP contribution in [0, 0.1) is 0 Å². The second-order valence-corrected chi connectivity index (χ2v) is 5.48. The van der Waals surface area contributed by atoms with Gasteiger partial charge in [-0.15, -0.1) is 0 Å². The van der Waals surface area contributed by atoms with Gasteiger partial charge in [0.1, 0.15) is 0 Å². The molecule has 0 saturated heterocycles. The number of hydrogen-bond donors (Lipinski definition) is 2. The largest absolute Gasteiger partial charge is 0.478 e. The van der Waals surface area contributed by atoms with E-state index in [1.54, 1.807) is 17.0 Å². The van der Waals surface area contributed by atoms with Crippen LogP contribution >= 0.6 is 0 Å². The third kappa shape index (κ3) is 5.12. The fourth-order valence-electron chi connectivity index (χ4n) is 2.37. The van der Waals surface area contributed by atoms with Gasteiger partial charge in [-0.3, -0.25) is 0 Å². The average Bonchev–Trinajstić information content (AvgIpc) is 2.61. The number of carbonyl (C=O) groups excluding carboxylic acids is 1. The number of hydrogen-bond acceptors (Lipinski definition) is 2. The van der Waals surface area contributed by atoms with E-state index in [1.165, 1.54) is 17.7 Å². The van der Waals surface area contributed by atoms with Crippen LogP contribution < -0.4 is 5.32 Å². The van der Waals surface area contributed by atoms with Crippen molar-refractivity contribution >= 4 is 12.0 Å². The summed E-state index contributed by atoms with van der Waals surface area (Å²) in [5.41, 5.74) is 2.31. The zero-order valence-corrected chi connectivity index (χ0v) is 13.7. The van der Waals surface area contributed by atoms with E-state index in [4.69, 9.17) is 5.11 Å². The minimum Gasteiger partial charge on any atom is -0.478 e. The highest BCUT2D eigenvalue weighted by Crippen LogP contribution is 2.05. The molecule has 0 spiro atoms. The van der Waals surface area contributed by atoms with Crippen LogP contribution in [0.1, 0.15) is 28.4 Å². The van der Waals surface area contributed by atoms with E-state index in [0.29, 0.717) is 19.6 Å². The first-order valence-electron chi connectivity index (χ1n) is 7.99. The normalized spacial score (nSPS) is 10.2. The zero-order chi connectivity index (χ0) is 17.4. The Morgan fingerprint density at radius 1 is 1.00 bits per heavy atom. The zero-order valence-electron chi connectivity index (χ0n) is 13.7. The lowest BCUT2D eigenvalue weighted by molar-refractivity contribution is 0.0697. The van der Waals surface area contributed by atoms with Gasteiger partial charge in [-0.05, 0) is 36.6 Å². The maximum Gasteiger partial charge on any atom is 0.335 e. The molecule has 0 saturated carbocycles. The molecule has 0 aliphatic rings. The van der Waals surface area contributed by atoms with Crippen molar-refractivity contribution in [2.45, 2.75) is 19.9 Å². The Morgan fingerprint density at radius 3 is 2.25 bits per heavy atom. The first kappa shape index (κ1) is 17.5. The number of benzene rings is 2. The van der Waals surface area contributed by atoms with Gasteiger partial charge < -0.3 is 15.3 Å². The molecule has 5 nitrogen and oxygen atoms in total. The molecule has 0 heterocycles. The molecular formula is C19H22N2O3. The molecule has 2 amide bonds. The molecule has 0 aliphatic heterocycles. The molecule has 0 aromatic heterocycles. The van der Waals surface area contributed by atoms with E-state index in [0.717, 1.165) is 12.0 Å². The van der Waals surface area contributed by atoms with Crippen molar-refractivity contribution in [3.63, 3.8) is 0 Å². The van der Waals surface area contributed by atoms with Gasteiger partial charge >= 0.3 is 12.0 Å². The van der Waals surface area contributed by atoms with Crippen LogP contribution in [0.15, 0.2) is 54.6 Å². The predicted molar refractivity (Wildman–Crippen MR) is 93.0 cm³/mol. The van der Waals surface area contributed by atoms with Crippen molar-refractivity contribution in [1.82, 2.24) is 10.2 Å². The average molecular weight is 326 g/mol. The lowest BCUT2D eigenvalue weighted by atomic mass is 10.1. The number of likely N-dealkylation sites (N-methyl/N-ethyl adjacent to an activating group) is 1. The third-order valence-electron chi connectivity index (χ3n) is 3.83. The second-order valence-electron chi connectivity index (χ2n) is 5.48. The van der Waals surface area contributed by atoms with Crippen LogP contribution in [-0.4, -0.2) is 35.1 Å². The fraction of sp³-hybridized carbons (Fsp3) is 0.263. The summed E-state index contributed by atoms with van der Waals surface area (Å²) in [6.07, 6.45) is 0.815. The number of carboxylic acids is 1. The van der Waals surface area contributed by atoms with E-state index in [9.17, 15) is 9.59 Å². The highest BCUT2D eigenvalue weighted by molar-refractivity contribution is 5.87. The minimum absolute atomic E-state index is 0.115. The van der Waals surface area contributed by atoms with Crippen LogP contribution in [0.4, 0.5) is 4.79 Å². The number of urea groups is 1. The van der Waals surface area contributed by atoms with Gasteiger partial charge in [0.15, 0.2) is 0 Å². The number of nitrogens with one attached hydrogen (secondary N) is 1. The van der Waals surface area contributed by atoms with Crippen molar-refractivity contribution in [3.05, 3.63) is 71.3 Å². The van der Waals surface area contributed by atoms with Crippen LogP contribution in [0.25, 0.3) is 0 Å². The molecule has 0 aliphatic carbocycles. The van der Waals surface area contributed by atoms with E-state index in [-0.39, 0.29) is 11.6 Å². The lowest BCUT2D eigenvalue weighted by Crippen LogP contribution is -2.40. The monoisotopic (exact) mass is 326 g/mol. The third-order valence-corrected chi connectivity index (χ3v) is 3.83. The maximum absolute atomic E-state index is 12.3. The SMILES string of the molecule is CCN(CCc1ccccc1)C(=O)NCc1ccc(C(=O)O)cc1. The Bertz CT molecular complexity index is 669. The number of carboxylic acid groups (broad SMARTS) is 1. The molecule has 2 N–H and O–H groups in total. The summed E-state index contributed by atoms with van der Waals surface area (Å²) in [6.45, 7) is 3.62. The summed E-state index contributed by atoms with van der Waals surface area (Å²) in [5.74, 6) is -0.955. The second kappa shape index (κ2) is 8.72. The lowest BCUT2D eigenvalue weighted by Gasteiger charge is -2.21. The molecule has 2 aromatic rings. The summed E-state index contributed by atoms with van der Waals surface area (Å²) >= 11 is 0. The molecule has 0 radical (unpaired) electrons. The smallest absolute Gasteiger partial charge is 0.335 e. The minimum atomic E-state index is -0.955. The highest BCUT2D eigenvalue weighted by atomic mass is 16.4. The Hall–Kier alpha value is -2.82. The van der Waals surface area contributed by atoms with Crippen molar-refractivity contribution in [2.24, 2.45) is 0 Å². The van der Waals surface area contributed by atoms with E-state index in [1.807, 2.05) is 25.1 Å². The van der Waals surface area contributed by atoms with Crippen LogP contribution in [-0.2, 0) is 13.0 Å². The van der Waals surface area contributed by atoms with Crippen molar-refractivity contribution < 1.29 is 14.7 Å². The van der Waals surface area contributed by atoms with Crippen LogP contribution in [0.5, 0.6) is 0 Å². The molecule has 0 bridgehead atoms. The predicted octanol–water partition coefficient (Wildman–Crippen LogP) is 3.16. The first-order chi connectivity index (χ1) is 11.6. The van der Waals surface area contributed by atoms with E-state index < -0.39 is 5.97 Å². The van der Waals surface area contributed by atoms with Crippen LogP contribution in [0.2, 0.25) is 0 Å². The standard InChI is InChI=1S/C19H22N2O3/c1-2-21(13-12-15-6-4-3-5-7-15)19(24)20-14-16-8-10-17(11-9-16)18(22)23/h3-11H,2,12-14H2,1H3,(H,20,24)(H,22,23). The van der Waals surface area contributed by atoms with E-state index in [2.05, 4.69) is 17.4 Å². The number of carbonyl (C=O) groups is 2. The molecule has 126 valence electrons. The highest BCUT2D eigenvalue weighted by Gasteiger charge is 2.11. The summed E-state index contributed by atoms with van der Waals surface area (Å²) in [7, 11) is 0. The van der Waals surface area contributed by atoms with Crippen molar-refractivity contribution in [2.75, 3.05) is 13.1 Å². The van der Waals surface area contributed by atoms with Gasteiger partial charge in [0.25, 0.3) is 0 Å². The summed E-state index contributed by atoms with van der Waals surface area (Å²) in [5, 5.41) is 11.7. The van der Waals surface area contributed by atoms with Gasteiger partial charge in [0.2, 0.25) is 0 Å². The van der Waals surface area contributed by atoms with Crippen molar-refractivity contribution in [1.29, 1.82) is 0 Å².